The van der Waals surface area contributed by atoms with Crippen molar-refractivity contribution in [3.8, 4) is 5.06 Å². The molecule has 2 saturated heterocycles. The number of fused-ring (bicyclic) bond motifs is 1. The molecule has 11 nitrogen and oxygen atoms in total. The molecular formula is C27H27FN4O7S2. The zero-order chi connectivity index (χ0) is 28.7. The van der Waals surface area contributed by atoms with Crippen LogP contribution in [-0.4, -0.2) is 69.7 Å². The van der Waals surface area contributed by atoms with Crippen LogP contribution in [0.2, 0.25) is 0 Å². The van der Waals surface area contributed by atoms with Crippen molar-refractivity contribution in [3.63, 3.8) is 0 Å². The molecule has 2 unspecified atom stereocenters. The Hall–Kier alpha value is -3.59. The van der Waals surface area contributed by atoms with Gasteiger partial charge >= 0.3 is 6.09 Å². The zero-order valence-electron chi connectivity index (χ0n) is 21.8. The van der Waals surface area contributed by atoms with Crippen LogP contribution in [0.4, 0.5) is 26.2 Å². The second-order valence-corrected chi connectivity index (χ2v) is 13.1. The number of hydrogen-bond donors (Lipinski definition) is 0. The molecule has 3 aliphatic rings. The monoisotopic (exact) mass is 602 g/mol. The summed E-state index contributed by atoms with van der Waals surface area (Å²) in [7, 11) is -3.82. The van der Waals surface area contributed by atoms with E-state index >= 15 is 4.39 Å². The van der Waals surface area contributed by atoms with E-state index in [0.29, 0.717) is 42.7 Å². The van der Waals surface area contributed by atoms with Gasteiger partial charge in [-0.05, 0) is 65.6 Å². The summed E-state index contributed by atoms with van der Waals surface area (Å²) in [5.74, 6) is -0.388. The highest BCUT2D eigenvalue weighted by molar-refractivity contribution is 7.89. The number of ether oxygens (including phenoxy) is 2. The number of thiophene rings is 1. The van der Waals surface area contributed by atoms with Crippen LogP contribution in [0.15, 0.2) is 64.9 Å². The molecule has 3 aromatic rings. The first-order valence-corrected chi connectivity index (χ1v) is 15.4. The number of morpholine rings is 1. The smallest absolute Gasteiger partial charge is 0.399 e. The van der Waals surface area contributed by atoms with Crippen LogP contribution in [0.1, 0.15) is 0 Å². The van der Waals surface area contributed by atoms with E-state index in [9.17, 15) is 23.3 Å². The molecule has 2 atom stereocenters. The molecule has 1 amide bonds. The number of sulfonamides is 1. The van der Waals surface area contributed by atoms with Gasteiger partial charge in [-0.2, -0.15) is 4.31 Å². The van der Waals surface area contributed by atoms with Crippen LogP contribution >= 0.6 is 11.3 Å². The zero-order valence-corrected chi connectivity index (χ0v) is 23.4. The number of piperidine rings is 1. The molecule has 3 heterocycles. The normalized spacial score (nSPS) is 22.3. The molecule has 2 aromatic carbocycles. The van der Waals surface area contributed by atoms with Crippen LogP contribution in [0.25, 0.3) is 0 Å². The summed E-state index contributed by atoms with van der Waals surface area (Å²) in [6.07, 6.45) is -0.633. The summed E-state index contributed by atoms with van der Waals surface area (Å²) in [5.41, 5.74) is 0.623. The topological polar surface area (TPSA) is 123 Å². The van der Waals surface area contributed by atoms with Crippen molar-refractivity contribution < 1.29 is 32.0 Å². The highest BCUT2D eigenvalue weighted by Gasteiger charge is 2.58. The van der Waals surface area contributed by atoms with Gasteiger partial charge in [-0.3, -0.25) is 15.0 Å². The van der Waals surface area contributed by atoms with Gasteiger partial charge in [0.1, 0.15) is 5.82 Å². The van der Waals surface area contributed by atoms with E-state index in [1.807, 2.05) is 4.90 Å². The van der Waals surface area contributed by atoms with Gasteiger partial charge < -0.3 is 14.4 Å². The van der Waals surface area contributed by atoms with Crippen molar-refractivity contribution >= 4 is 44.5 Å². The first-order valence-electron chi connectivity index (χ1n) is 13.1. The SMILES string of the molecule is O=C(Oc1cccs1)N(CC1C2CN(S(=O)(=O)c3ccc([N+](=O)[O-])cc3)CC12)c1ccc(N2CCOCC2)c(F)c1. The standard InChI is InChI=1S/C27H27FN4O7S2/c28-24-14-19(5-8-25(24)29-9-11-38-12-10-29)31(27(33)39-26-2-1-13-40-26)17-23-21-15-30(16-22(21)23)41(36,37)20-6-3-18(4-7-20)32(34)35/h1-8,13-14,21-23H,9-12,15-17H2. The summed E-state index contributed by atoms with van der Waals surface area (Å²) < 4.78 is 53.8. The number of hydrogen-bond acceptors (Lipinski definition) is 9. The van der Waals surface area contributed by atoms with Gasteiger partial charge in [0.05, 0.1) is 34.4 Å². The number of carbonyl (C=O) groups is 1. The number of carbonyl (C=O) groups excluding carboxylic acids is 1. The number of non-ortho nitro benzene ring substituents is 1. The van der Waals surface area contributed by atoms with Crippen LogP contribution in [-0.2, 0) is 14.8 Å². The molecule has 41 heavy (non-hydrogen) atoms. The molecule has 0 N–H and O–H groups in total. The molecule has 3 fully saturated rings. The Kier molecular flexibility index (Phi) is 7.40. The second-order valence-electron chi connectivity index (χ2n) is 10.2. The summed E-state index contributed by atoms with van der Waals surface area (Å²) in [4.78, 5) is 26.9. The lowest BCUT2D eigenvalue weighted by atomic mass is 10.2. The van der Waals surface area contributed by atoms with Crippen LogP contribution in [0, 0.1) is 33.7 Å². The third-order valence-electron chi connectivity index (χ3n) is 7.91. The molecule has 0 radical (unpaired) electrons. The maximum atomic E-state index is 15.3. The van der Waals surface area contributed by atoms with E-state index in [2.05, 4.69) is 0 Å². The van der Waals surface area contributed by atoms with E-state index in [-0.39, 0.29) is 48.0 Å². The van der Waals surface area contributed by atoms with Gasteiger partial charge in [-0.1, -0.05) is 0 Å². The molecule has 1 aliphatic carbocycles. The Balaban J connectivity index is 1.17. The maximum Gasteiger partial charge on any atom is 0.420 e. The molecule has 14 heteroatoms. The fourth-order valence-corrected chi connectivity index (χ4v) is 7.73. The minimum atomic E-state index is -3.82. The quantitative estimate of drug-likeness (QED) is 0.278. The van der Waals surface area contributed by atoms with Gasteiger partial charge in [0.15, 0.2) is 5.06 Å². The lowest BCUT2D eigenvalue weighted by molar-refractivity contribution is -0.384. The van der Waals surface area contributed by atoms with E-state index in [1.165, 1.54) is 50.9 Å². The van der Waals surface area contributed by atoms with E-state index in [4.69, 9.17) is 9.47 Å². The first-order chi connectivity index (χ1) is 19.7. The largest absolute Gasteiger partial charge is 0.420 e. The highest BCUT2D eigenvalue weighted by atomic mass is 32.2. The number of nitro groups is 1. The average Bonchev–Trinajstić information content (AvgIpc) is 3.32. The highest BCUT2D eigenvalue weighted by Crippen LogP contribution is 2.53. The number of nitrogens with zero attached hydrogens (tertiary/aromatic N) is 4. The Labute approximate surface area is 239 Å². The van der Waals surface area contributed by atoms with Crippen molar-refractivity contribution in [1.29, 1.82) is 0 Å². The lowest BCUT2D eigenvalue weighted by Gasteiger charge is -2.30. The predicted octanol–water partition coefficient (Wildman–Crippen LogP) is 4.20. The van der Waals surface area contributed by atoms with Crippen LogP contribution in [0.5, 0.6) is 5.06 Å². The van der Waals surface area contributed by atoms with Gasteiger partial charge in [-0.15, -0.1) is 11.3 Å². The summed E-state index contributed by atoms with van der Waals surface area (Å²) in [5, 5.41) is 13.1. The van der Waals surface area contributed by atoms with Gasteiger partial charge in [-0.25, -0.2) is 17.6 Å². The van der Waals surface area contributed by atoms with Crippen molar-refractivity contribution in [2.24, 2.45) is 17.8 Å². The Morgan fingerprint density at radius 3 is 2.44 bits per heavy atom. The molecule has 1 saturated carbocycles. The Morgan fingerprint density at radius 1 is 1.12 bits per heavy atom. The van der Waals surface area contributed by atoms with Crippen molar-refractivity contribution in [1.82, 2.24) is 4.31 Å². The van der Waals surface area contributed by atoms with E-state index in [1.54, 1.807) is 29.6 Å². The Morgan fingerprint density at radius 2 is 1.83 bits per heavy atom. The van der Waals surface area contributed by atoms with Crippen molar-refractivity contribution in [3.05, 3.63) is 75.9 Å². The predicted molar refractivity (Wildman–Crippen MR) is 149 cm³/mol. The summed E-state index contributed by atoms with van der Waals surface area (Å²) in [6, 6.07) is 13.0. The van der Waals surface area contributed by atoms with Crippen LogP contribution < -0.4 is 14.5 Å². The number of rotatable bonds is 8. The average molecular weight is 603 g/mol. The molecule has 0 spiro atoms. The van der Waals surface area contributed by atoms with Crippen LogP contribution in [0.3, 0.4) is 0 Å². The lowest BCUT2D eigenvalue weighted by Crippen LogP contribution is -2.38. The number of benzene rings is 2. The van der Waals surface area contributed by atoms with Gasteiger partial charge in [0.25, 0.3) is 5.69 Å². The Bertz CT molecular complexity index is 1530. The molecule has 216 valence electrons. The first kappa shape index (κ1) is 27.6. The maximum absolute atomic E-state index is 15.3. The fraction of sp³-hybridized carbons (Fsp3) is 0.370. The summed E-state index contributed by atoms with van der Waals surface area (Å²) >= 11 is 1.27. The van der Waals surface area contributed by atoms with Crippen molar-refractivity contribution in [2.75, 3.05) is 55.7 Å². The van der Waals surface area contributed by atoms with E-state index < -0.39 is 26.9 Å². The fourth-order valence-electron chi connectivity index (χ4n) is 5.65. The van der Waals surface area contributed by atoms with Gasteiger partial charge in [0.2, 0.25) is 10.0 Å². The number of halogens is 1. The molecule has 2 aliphatic heterocycles. The minimum absolute atomic E-state index is 0.00191. The number of nitro benzene ring substituents is 1. The molecule has 6 rings (SSSR count). The van der Waals surface area contributed by atoms with E-state index in [0.717, 1.165) is 0 Å². The molecule has 1 aromatic heterocycles. The molecule has 0 bridgehead atoms. The number of anilines is 2. The minimum Gasteiger partial charge on any atom is -0.399 e. The second kappa shape index (κ2) is 11.0. The third kappa shape index (κ3) is 5.52. The third-order valence-corrected chi connectivity index (χ3v) is 10.5. The summed E-state index contributed by atoms with van der Waals surface area (Å²) in [6.45, 7) is 2.97. The van der Waals surface area contributed by atoms with Crippen molar-refractivity contribution in [2.45, 2.75) is 4.90 Å². The molecular weight excluding hydrogens is 575 g/mol. The van der Waals surface area contributed by atoms with Gasteiger partial charge in [0, 0.05) is 44.9 Å². The number of amides is 1.